The normalized spacial score (nSPS) is 10.8. The summed E-state index contributed by atoms with van der Waals surface area (Å²) in [6, 6.07) is 41.7. The van der Waals surface area contributed by atoms with Gasteiger partial charge in [-0.15, -0.1) is 0 Å². The highest BCUT2D eigenvalue weighted by molar-refractivity contribution is 5.94. The molecule has 4 N–H and O–H groups in total. The minimum Gasteiger partial charge on any atom is -0.397 e. The van der Waals surface area contributed by atoms with Gasteiger partial charge in [0.1, 0.15) is 0 Å². The predicted molar refractivity (Wildman–Crippen MR) is 137 cm³/mol. The highest BCUT2D eigenvalue weighted by Crippen LogP contribution is 2.38. The van der Waals surface area contributed by atoms with E-state index >= 15 is 0 Å². The maximum Gasteiger partial charge on any atom is 0.0633 e. The second kappa shape index (κ2) is 8.44. The zero-order valence-electron chi connectivity index (χ0n) is 17.7. The number of hydrogen-bond acceptors (Lipinski definition) is 2. The first kappa shape index (κ1) is 19.7. The first-order chi connectivity index (χ1) is 15.7. The van der Waals surface area contributed by atoms with Crippen molar-refractivity contribution in [2.75, 3.05) is 11.5 Å². The Bertz CT molecular complexity index is 1230. The molecule has 0 bridgehead atoms. The first-order valence-electron chi connectivity index (χ1n) is 10.7. The molecule has 0 saturated carbocycles. The molecule has 2 heteroatoms. The molecule has 0 heterocycles. The molecular formula is C30H24N2. The summed E-state index contributed by atoms with van der Waals surface area (Å²) >= 11 is 0. The van der Waals surface area contributed by atoms with Crippen molar-refractivity contribution < 1.29 is 0 Å². The molecule has 5 aromatic rings. The first-order valence-corrected chi connectivity index (χ1v) is 10.7. The van der Waals surface area contributed by atoms with E-state index in [1.54, 1.807) is 0 Å². The largest absolute Gasteiger partial charge is 0.397 e. The Labute approximate surface area is 188 Å². The van der Waals surface area contributed by atoms with E-state index in [4.69, 9.17) is 11.5 Å². The van der Waals surface area contributed by atoms with Gasteiger partial charge in [0.15, 0.2) is 0 Å². The van der Waals surface area contributed by atoms with Crippen molar-refractivity contribution in [2.45, 2.75) is 0 Å². The van der Waals surface area contributed by atoms with Crippen LogP contribution in [-0.4, -0.2) is 0 Å². The lowest BCUT2D eigenvalue weighted by Crippen LogP contribution is -2.00. The molecule has 0 amide bonds. The maximum absolute atomic E-state index is 6.50. The smallest absolute Gasteiger partial charge is 0.0633 e. The van der Waals surface area contributed by atoms with Crippen LogP contribution >= 0.6 is 0 Å². The van der Waals surface area contributed by atoms with Crippen molar-refractivity contribution >= 4 is 11.4 Å². The maximum atomic E-state index is 6.50. The molecule has 5 aromatic carbocycles. The third-order valence-electron chi connectivity index (χ3n) is 5.89. The van der Waals surface area contributed by atoms with Crippen LogP contribution in [0, 0.1) is 0 Å². The Morgan fingerprint density at radius 1 is 0.281 bits per heavy atom. The second-order valence-corrected chi connectivity index (χ2v) is 7.87. The van der Waals surface area contributed by atoms with Gasteiger partial charge in [0, 0.05) is 11.1 Å². The van der Waals surface area contributed by atoms with Gasteiger partial charge in [-0.2, -0.15) is 0 Å². The van der Waals surface area contributed by atoms with Gasteiger partial charge in [-0.05, 0) is 33.4 Å². The van der Waals surface area contributed by atoms with Crippen molar-refractivity contribution in [3.8, 4) is 44.5 Å². The monoisotopic (exact) mass is 412 g/mol. The Hall–Kier alpha value is -4.30. The molecule has 5 rings (SSSR count). The van der Waals surface area contributed by atoms with Crippen molar-refractivity contribution in [3.05, 3.63) is 121 Å². The van der Waals surface area contributed by atoms with Crippen LogP contribution in [0.2, 0.25) is 0 Å². The summed E-state index contributed by atoms with van der Waals surface area (Å²) in [5.74, 6) is 0. The molecule has 0 spiro atoms. The van der Waals surface area contributed by atoms with Crippen LogP contribution < -0.4 is 11.5 Å². The summed E-state index contributed by atoms with van der Waals surface area (Å²) in [7, 11) is 0. The van der Waals surface area contributed by atoms with E-state index in [1.165, 1.54) is 22.3 Å². The van der Waals surface area contributed by atoms with Crippen LogP contribution in [0.1, 0.15) is 0 Å². The molecule has 2 nitrogen and oxygen atoms in total. The summed E-state index contributed by atoms with van der Waals surface area (Å²) < 4.78 is 0. The Kier molecular flexibility index (Phi) is 5.19. The molecule has 0 radical (unpaired) electrons. The van der Waals surface area contributed by atoms with E-state index in [2.05, 4.69) is 84.9 Å². The van der Waals surface area contributed by atoms with Crippen LogP contribution in [0.25, 0.3) is 44.5 Å². The molecule has 0 aliphatic rings. The fraction of sp³-hybridized carbons (Fsp3) is 0. The van der Waals surface area contributed by atoms with Gasteiger partial charge in [-0.3, -0.25) is 0 Å². The Morgan fingerprint density at radius 3 is 0.906 bits per heavy atom. The van der Waals surface area contributed by atoms with Gasteiger partial charge in [0.2, 0.25) is 0 Å². The number of rotatable bonds is 4. The van der Waals surface area contributed by atoms with Gasteiger partial charge >= 0.3 is 0 Å². The van der Waals surface area contributed by atoms with Crippen LogP contribution in [0.4, 0.5) is 11.4 Å². The number of hydrogen-bond donors (Lipinski definition) is 2. The number of benzene rings is 5. The summed E-state index contributed by atoms with van der Waals surface area (Å²) in [4.78, 5) is 0. The van der Waals surface area contributed by atoms with E-state index in [-0.39, 0.29) is 0 Å². The fourth-order valence-electron chi connectivity index (χ4n) is 4.09. The molecular weight excluding hydrogens is 388 g/mol. The average Bonchev–Trinajstić information content (AvgIpc) is 2.87. The van der Waals surface area contributed by atoms with E-state index in [9.17, 15) is 0 Å². The summed E-state index contributed by atoms with van der Waals surface area (Å²) in [5.41, 5.74) is 23.0. The van der Waals surface area contributed by atoms with E-state index in [1.807, 2.05) is 36.4 Å². The molecule has 0 atom stereocenters. The number of nitrogens with two attached hydrogens (primary N) is 2. The van der Waals surface area contributed by atoms with Crippen LogP contribution in [0.15, 0.2) is 121 Å². The number of anilines is 2. The van der Waals surface area contributed by atoms with E-state index in [0.717, 1.165) is 22.3 Å². The fourth-order valence-corrected chi connectivity index (χ4v) is 4.09. The number of nitrogen functional groups attached to an aromatic ring is 2. The van der Waals surface area contributed by atoms with E-state index < -0.39 is 0 Å². The topological polar surface area (TPSA) is 52.0 Å². The van der Waals surface area contributed by atoms with Gasteiger partial charge < -0.3 is 11.5 Å². The Balaban J connectivity index is 1.45. The quantitative estimate of drug-likeness (QED) is 0.300. The van der Waals surface area contributed by atoms with Crippen LogP contribution in [0.3, 0.4) is 0 Å². The standard InChI is InChI=1S/C30H24N2/c31-29-27(25-15-11-23(12-16-25)21-7-3-1-4-8-21)19-20-28(30(29)32)26-17-13-24(14-18-26)22-9-5-2-6-10-22/h1-20H,31-32H2. The zero-order chi connectivity index (χ0) is 21.9. The predicted octanol–water partition coefficient (Wildman–Crippen LogP) is 7.52. The lowest BCUT2D eigenvalue weighted by molar-refractivity contribution is 1.56. The molecule has 0 unspecified atom stereocenters. The molecule has 0 fully saturated rings. The van der Waals surface area contributed by atoms with Gasteiger partial charge in [-0.1, -0.05) is 121 Å². The molecule has 0 saturated heterocycles. The molecule has 154 valence electrons. The third-order valence-corrected chi connectivity index (χ3v) is 5.89. The zero-order valence-corrected chi connectivity index (χ0v) is 17.7. The van der Waals surface area contributed by atoms with Crippen molar-refractivity contribution in [1.29, 1.82) is 0 Å². The SMILES string of the molecule is Nc1c(-c2ccc(-c3ccccc3)cc2)ccc(-c2ccc(-c3ccccc3)cc2)c1N. The van der Waals surface area contributed by atoms with Gasteiger partial charge in [0.25, 0.3) is 0 Å². The molecule has 0 aliphatic heterocycles. The lowest BCUT2D eigenvalue weighted by Gasteiger charge is -2.14. The van der Waals surface area contributed by atoms with Gasteiger partial charge in [-0.25, -0.2) is 0 Å². The molecule has 32 heavy (non-hydrogen) atoms. The highest BCUT2D eigenvalue weighted by Gasteiger charge is 2.12. The van der Waals surface area contributed by atoms with Crippen LogP contribution in [-0.2, 0) is 0 Å². The minimum atomic E-state index is 0.613. The second-order valence-electron chi connectivity index (χ2n) is 7.87. The summed E-state index contributed by atoms with van der Waals surface area (Å²) in [6.07, 6.45) is 0. The van der Waals surface area contributed by atoms with Crippen molar-refractivity contribution in [3.63, 3.8) is 0 Å². The van der Waals surface area contributed by atoms with Crippen molar-refractivity contribution in [1.82, 2.24) is 0 Å². The Morgan fingerprint density at radius 2 is 0.562 bits per heavy atom. The van der Waals surface area contributed by atoms with Crippen molar-refractivity contribution in [2.24, 2.45) is 0 Å². The summed E-state index contributed by atoms with van der Waals surface area (Å²) in [6.45, 7) is 0. The lowest BCUT2D eigenvalue weighted by atomic mass is 9.94. The van der Waals surface area contributed by atoms with Gasteiger partial charge in [0.05, 0.1) is 11.4 Å². The van der Waals surface area contributed by atoms with Crippen LogP contribution in [0.5, 0.6) is 0 Å². The highest BCUT2D eigenvalue weighted by atomic mass is 14.7. The third kappa shape index (κ3) is 3.75. The molecule has 0 aromatic heterocycles. The average molecular weight is 413 g/mol. The minimum absolute atomic E-state index is 0.613. The molecule has 0 aliphatic carbocycles. The summed E-state index contributed by atoms with van der Waals surface area (Å²) in [5, 5.41) is 0. The van der Waals surface area contributed by atoms with E-state index in [0.29, 0.717) is 11.4 Å².